The van der Waals surface area contributed by atoms with Crippen molar-refractivity contribution in [2.45, 2.75) is 26.2 Å². The highest BCUT2D eigenvalue weighted by Crippen LogP contribution is 2.20. The summed E-state index contributed by atoms with van der Waals surface area (Å²) in [7, 11) is 0. The van der Waals surface area contributed by atoms with Crippen LogP contribution in [0.2, 0.25) is 0 Å². The summed E-state index contributed by atoms with van der Waals surface area (Å²) in [4.78, 5) is 10.5. The number of rotatable bonds is 5. The van der Waals surface area contributed by atoms with Crippen LogP contribution in [-0.4, -0.2) is 11.1 Å². The third-order valence-corrected chi connectivity index (χ3v) is 2.26. The van der Waals surface area contributed by atoms with Gasteiger partial charge in [-0.1, -0.05) is 31.6 Å². The summed E-state index contributed by atoms with van der Waals surface area (Å²) in [6, 6.07) is 6.14. The van der Waals surface area contributed by atoms with Crippen molar-refractivity contribution < 1.29 is 14.3 Å². The van der Waals surface area contributed by atoms with Crippen LogP contribution in [0, 0.1) is 5.82 Å². The molecule has 86 valence electrons. The molecule has 0 unspecified atom stereocenters. The molecule has 0 aliphatic carbocycles. The Hall–Kier alpha value is -1.64. The Morgan fingerprint density at radius 2 is 2.00 bits per heavy atom. The van der Waals surface area contributed by atoms with E-state index in [4.69, 9.17) is 5.11 Å². The maximum atomic E-state index is 12.7. The van der Waals surface area contributed by atoms with Crippen molar-refractivity contribution in [2.24, 2.45) is 0 Å². The Balaban J connectivity index is 2.88. The Labute approximate surface area is 94.4 Å². The molecule has 0 amide bonds. The fraction of sp³-hybridized carbons (Fsp3) is 0.308. The zero-order valence-corrected chi connectivity index (χ0v) is 9.24. The molecular weight excluding hydrogens is 207 g/mol. The summed E-state index contributed by atoms with van der Waals surface area (Å²) in [6.07, 6.45) is 3.44. The lowest BCUT2D eigenvalue weighted by Gasteiger charge is -2.06. The molecule has 1 aromatic carbocycles. The summed E-state index contributed by atoms with van der Waals surface area (Å²) < 4.78 is 12.7. The number of carboxylic acid groups (broad SMARTS) is 1. The van der Waals surface area contributed by atoms with Crippen LogP contribution in [0.3, 0.4) is 0 Å². The maximum absolute atomic E-state index is 12.7. The molecule has 0 aliphatic rings. The van der Waals surface area contributed by atoms with Crippen LogP contribution in [0.15, 0.2) is 30.3 Å². The highest BCUT2D eigenvalue weighted by molar-refractivity contribution is 5.74. The van der Waals surface area contributed by atoms with Gasteiger partial charge in [-0.2, -0.15) is 0 Å². The van der Waals surface area contributed by atoms with Crippen molar-refractivity contribution in [1.82, 2.24) is 0 Å². The first-order valence-corrected chi connectivity index (χ1v) is 5.30. The lowest BCUT2D eigenvalue weighted by Crippen LogP contribution is -1.93. The number of benzene rings is 1. The molecule has 0 fully saturated rings. The number of halogens is 1. The normalized spacial score (nSPS) is 11.5. The van der Waals surface area contributed by atoms with Crippen molar-refractivity contribution >= 4 is 11.5 Å². The van der Waals surface area contributed by atoms with Crippen LogP contribution in [0.25, 0.3) is 5.57 Å². The van der Waals surface area contributed by atoms with Crippen LogP contribution in [0.5, 0.6) is 0 Å². The molecule has 1 N–H and O–H groups in total. The summed E-state index contributed by atoms with van der Waals surface area (Å²) >= 11 is 0. The van der Waals surface area contributed by atoms with Gasteiger partial charge in [0.25, 0.3) is 0 Å². The van der Waals surface area contributed by atoms with Gasteiger partial charge in [-0.15, -0.1) is 0 Å². The van der Waals surface area contributed by atoms with Crippen LogP contribution in [0.1, 0.15) is 31.7 Å². The van der Waals surface area contributed by atoms with E-state index >= 15 is 0 Å². The molecule has 3 heteroatoms. The van der Waals surface area contributed by atoms with Gasteiger partial charge in [0.2, 0.25) is 0 Å². The second-order valence-corrected chi connectivity index (χ2v) is 3.58. The molecule has 0 aliphatic heterocycles. The van der Waals surface area contributed by atoms with E-state index in [0.29, 0.717) is 0 Å². The molecule has 0 bridgehead atoms. The smallest absolute Gasteiger partial charge is 0.307 e. The molecule has 0 spiro atoms. The highest BCUT2D eigenvalue weighted by Gasteiger charge is 2.02. The number of aliphatic carboxylic acids is 1. The fourth-order valence-electron chi connectivity index (χ4n) is 1.51. The predicted octanol–water partition coefficient (Wildman–Crippen LogP) is 3.48. The fourth-order valence-corrected chi connectivity index (χ4v) is 1.51. The van der Waals surface area contributed by atoms with Gasteiger partial charge in [0, 0.05) is 0 Å². The highest BCUT2D eigenvalue weighted by atomic mass is 19.1. The van der Waals surface area contributed by atoms with Gasteiger partial charge in [-0.3, -0.25) is 4.79 Å². The van der Waals surface area contributed by atoms with E-state index in [1.807, 2.05) is 6.92 Å². The molecule has 1 aromatic rings. The van der Waals surface area contributed by atoms with Gasteiger partial charge in [0.05, 0.1) is 6.42 Å². The summed E-state index contributed by atoms with van der Waals surface area (Å²) in [5, 5.41) is 8.62. The zero-order valence-electron chi connectivity index (χ0n) is 9.24. The minimum Gasteiger partial charge on any atom is -0.481 e. The number of hydrogen-bond acceptors (Lipinski definition) is 1. The molecule has 0 aromatic heterocycles. The third kappa shape index (κ3) is 3.85. The van der Waals surface area contributed by atoms with Gasteiger partial charge >= 0.3 is 5.97 Å². The quantitative estimate of drug-likeness (QED) is 0.828. The van der Waals surface area contributed by atoms with E-state index in [1.54, 1.807) is 18.2 Å². The van der Waals surface area contributed by atoms with Crippen LogP contribution in [-0.2, 0) is 4.79 Å². The summed E-state index contributed by atoms with van der Waals surface area (Å²) in [5.74, 6) is -1.13. The van der Waals surface area contributed by atoms with E-state index in [2.05, 4.69) is 0 Å². The predicted molar refractivity (Wildman–Crippen MR) is 61.5 cm³/mol. The largest absolute Gasteiger partial charge is 0.481 e. The first kappa shape index (κ1) is 12.4. The van der Waals surface area contributed by atoms with Gasteiger partial charge in [0.15, 0.2) is 0 Å². The standard InChI is InChI=1S/C13H15FO2/c1-2-3-10(6-9-13(15)16)11-4-7-12(14)8-5-11/h4-8H,2-3,9H2,1H3,(H,15,16)/b10-6+. The SMILES string of the molecule is CCC/C(=C\CC(=O)O)c1ccc(F)cc1. The molecular formula is C13H15FO2. The molecule has 1 rings (SSSR count). The second kappa shape index (κ2) is 6.05. The number of hydrogen-bond donors (Lipinski definition) is 1. The number of carbonyl (C=O) groups is 1. The van der Waals surface area contributed by atoms with Crippen molar-refractivity contribution in [3.05, 3.63) is 41.7 Å². The van der Waals surface area contributed by atoms with E-state index in [1.165, 1.54) is 12.1 Å². The lowest BCUT2D eigenvalue weighted by molar-refractivity contribution is -0.135. The van der Waals surface area contributed by atoms with E-state index in [0.717, 1.165) is 24.0 Å². The monoisotopic (exact) mass is 222 g/mol. The molecule has 2 nitrogen and oxygen atoms in total. The summed E-state index contributed by atoms with van der Waals surface area (Å²) in [6.45, 7) is 2.03. The van der Waals surface area contributed by atoms with E-state index in [-0.39, 0.29) is 12.2 Å². The molecule has 0 atom stereocenters. The first-order chi connectivity index (χ1) is 7.63. The Bertz CT molecular complexity index is 379. The lowest BCUT2D eigenvalue weighted by atomic mass is 10.0. The van der Waals surface area contributed by atoms with Gasteiger partial charge < -0.3 is 5.11 Å². The average Bonchev–Trinajstić information content (AvgIpc) is 2.25. The summed E-state index contributed by atoms with van der Waals surface area (Å²) in [5.41, 5.74) is 1.86. The topological polar surface area (TPSA) is 37.3 Å². The minimum atomic E-state index is -0.851. The second-order valence-electron chi connectivity index (χ2n) is 3.58. The van der Waals surface area contributed by atoms with Gasteiger partial charge in [0.1, 0.15) is 5.82 Å². The number of allylic oxidation sites excluding steroid dienone is 1. The van der Waals surface area contributed by atoms with Crippen molar-refractivity contribution in [3.63, 3.8) is 0 Å². The third-order valence-electron chi connectivity index (χ3n) is 2.26. The molecule has 0 radical (unpaired) electrons. The van der Waals surface area contributed by atoms with E-state index in [9.17, 15) is 9.18 Å². The Kier molecular flexibility index (Phi) is 4.70. The average molecular weight is 222 g/mol. The Morgan fingerprint density at radius 3 is 2.50 bits per heavy atom. The molecule has 16 heavy (non-hydrogen) atoms. The van der Waals surface area contributed by atoms with Crippen molar-refractivity contribution in [1.29, 1.82) is 0 Å². The van der Waals surface area contributed by atoms with E-state index < -0.39 is 5.97 Å². The van der Waals surface area contributed by atoms with Crippen LogP contribution in [0.4, 0.5) is 4.39 Å². The number of carboxylic acids is 1. The molecule has 0 heterocycles. The van der Waals surface area contributed by atoms with Crippen LogP contribution < -0.4 is 0 Å². The minimum absolute atomic E-state index is 0.00666. The van der Waals surface area contributed by atoms with Crippen LogP contribution >= 0.6 is 0 Å². The van der Waals surface area contributed by atoms with Gasteiger partial charge in [-0.25, -0.2) is 4.39 Å². The Morgan fingerprint density at radius 1 is 1.38 bits per heavy atom. The first-order valence-electron chi connectivity index (χ1n) is 5.30. The molecule has 0 saturated heterocycles. The zero-order chi connectivity index (χ0) is 12.0. The van der Waals surface area contributed by atoms with Crippen molar-refractivity contribution in [2.75, 3.05) is 0 Å². The van der Waals surface area contributed by atoms with Gasteiger partial charge in [-0.05, 0) is 29.7 Å². The maximum Gasteiger partial charge on any atom is 0.307 e. The molecule has 0 saturated carbocycles. The van der Waals surface area contributed by atoms with Crippen molar-refractivity contribution in [3.8, 4) is 0 Å².